The molecule has 8 heteroatoms. The maximum absolute atomic E-state index is 13.8. The van der Waals surface area contributed by atoms with Gasteiger partial charge in [0.15, 0.2) is 10.7 Å². The van der Waals surface area contributed by atoms with Crippen molar-refractivity contribution in [2.45, 2.75) is 48.4 Å². The second-order valence-corrected chi connectivity index (χ2v) is 9.57. The van der Waals surface area contributed by atoms with Crippen LogP contribution in [0.4, 0.5) is 0 Å². The van der Waals surface area contributed by atoms with Gasteiger partial charge in [0.2, 0.25) is 0 Å². The van der Waals surface area contributed by atoms with Gasteiger partial charge < -0.3 is 24.5 Å². The fraction of sp³-hybridized carbons (Fsp3) is 0.333. The maximum Gasteiger partial charge on any atom is 0.182 e. The molecule has 0 spiro atoms. The van der Waals surface area contributed by atoms with Crippen molar-refractivity contribution < 1.29 is 34.1 Å². The molecule has 1 heterocycles. The number of aldehydes is 2. The summed E-state index contributed by atoms with van der Waals surface area (Å²) in [6, 6.07) is 9.08. The maximum atomic E-state index is 13.8. The van der Waals surface area contributed by atoms with Crippen LogP contribution < -0.4 is 4.74 Å². The molecule has 2 aromatic carbocycles. The van der Waals surface area contributed by atoms with E-state index in [0.29, 0.717) is 12.6 Å². The van der Waals surface area contributed by atoms with Crippen molar-refractivity contribution in [1.29, 1.82) is 0 Å². The van der Waals surface area contributed by atoms with Gasteiger partial charge in [-0.15, -0.1) is 0 Å². The lowest BCUT2D eigenvalue weighted by Gasteiger charge is -2.45. The average Bonchev–Trinajstić information content (AvgIpc) is 3.03. The summed E-state index contributed by atoms with van der Waals surface area (Å²) < 4.78 is 6.33. The molecule has 3 atom stereocenters. The molecule has 0 radical (unpaired) electrons. The van der Waals surface area contributed by atoms with Crippen LogP contribution in [0.2, 0.25) is 0 Å². The van der Waals surface area contributed by atoms with E-state index in [0.717, 1.165) is 4.90 Å². The minimum atomic E-state index is -1.51. The third kappa shape index (κ3) is 2.89. The van der Waals surface area contributed by atoms with Gasteiger partial charge in [-0.3, -0.25) is 9.59 Å². The number of phenolic OH excluding ortho intramolecular Hbond substituents is 2. The number of rotatable bonds is 6. The highest BCUT2D eigenvalue weighted by Crippen LogP contribution is 2.65. The Morgan fingerprint density at radius 1 is 1.12 bits per heavy atom. The molecule has 2 N–H and O–H groups in total. The third-order valence-electron chi connectivity index (χ3n) is 6.51. The quantitative estimate of drug-likeness (QED) is 0.505. The van der Waals surface area contributed by atoms with Gasteiger partial charge in [-0.2, -0.15) is 0 Å². The van der Waals surface area contributed by atoms with Crippen LogP contribution >= 0.6 is 11.8 Å². The van der Waals surface area contributed by atoms with E-state index in [-0.39, 0.29) is 53.2 Å². The Morgan fingerprint density at radius 2 is 1.81 bits per heavy atom. The summed E-state index contributed by atoms with van der Waals surface area (Å²) in [6.45, 7) is 3.08. The zero-order chi connectivity index (χ0) is 23.3. The largest absolute Gasteiger partial charge is 0.507 e. The van der Waals surface area contributed by atoms with Crippen LogP contribution in [0.25, 0.3) is 0 Å². The molecule has 2 aliphatic rings. The Hall–Kier alpha value is -3.13. The van der Waals surface area contributed by atoms with Crippen molar-refractivity contribution in [1.82, 2.24) is 0 Å². The van der Waals surface area contributed by atoms with Crippen molar-refractivity contribution in [2.75, 3.05) is 0 Å². The van der Waals surface area contributed by atoms with Gasteiger partial charge in [-0.25, -0.2) is 0 Å². The summed E-state index contributed by atoms with van der Waals surface area (Å²) in [4.78, 5) is 48.6. The molecule has 1 aliphatic carbocycles. The fourth-order valence-electron chi connectivity index (χ4n) is 4.74. The first-order chi connectivity index (χ1) is 15.2. The van der Waals surface area contributed by atoms with Gasteiger partial charge in [-0.1, -0.05) is 30.0 Å². The molecule has 3 unspecified atom stereocenters. The van der Waals surface area contributed by atoms with Gasteiger partial charge in [0, 0.05) is 28.9 Å². The predicted molar refractivity (Wildman–Crippen MR) is 116 cm³/mol. The summed E-state index contributed by atoms with van der Waals surface area (Å²) in [5.41, 5.74) is -1.10. The number of carbonyl (C=O) groups is 4. The Labute approximate surface area is 188 Å². The Kier molecular flexibility index (Phi) is 5.36. The van der Waals surface area contributed by atoms with Crippen LogP contribution in [0.5, 0.6) is 17.2 Å². The number of benzene rings is 2. The van der Waals surface area contributed by atoms with Crippen molar-refractivity contribution in [3.05, 3.63) is 47.0 Å². The highest BCUT2D eigenvalue weighted by atomic mass is 32.2. The minimum Gasteiger partial charge on any atom is -0.507 e. The Morgan fingerprint density at radius 3 is 2.44 bits per heavy atom. The molecule has 2 aromatic rings. The molecule has 0 saturated heterocycles. The number of thioether (sulfide) groups is 1. The lowest BCUT2D eigenvalue weighted by Crippen LogP contribution is -2.60. The first-order valence-corrected chi connectivity index (χ1v) is 11.0. The van der Waals surface area contributed by atoms with E-state index in [9.17, 15) is 29.4 Å². The predicted octanol–water partition coefficient (Wildman–Crippen LogP) is 3.03. The number of phenols is 2. The van der Waals surface area contributed by atoms with Gasteiger partial charge in [0.25, 0.3) is 0 Å². The zero-order valence-electron chi connectivity index (χ0n) is 17.6. The third-order valence-corrected chi connectivity index (χ3v) is 7.99. The van der Waals surface area contributed by atoms with Crippen LogP contribution in [0, 0.1) is 12.8 Å². The van der Waals surface area contributed by atoms with Gasteiger partial charge in [0.1, 0.15) is 41.0 Å². The second kappa shape index (κ2) is 7.78. The fourth-order valence-corrected chi connectivity index (χ4v) is 6.16. The van der Waals surface area contributed by atoms with Gasteiger partial charge in [-0.05, 0) is 26.0 Å². The van der Waals surface area contributed by atoms with Crippen LogP contribution in [0.3, 0.4) is 0 Å². The zero-order valence-corrected chi connectivity index (χ0v) is 18.4. The molecule has 1 fully saturated rings. The number of hydrogen-bond acceptors (Lipinski definition) is 8. The summed E-state index contributed by atoms with van der Waals surface area (Å²) >= 11 is 1.18. The summed E-state index contributed by atoms with van der Waals surface area (Å²) in [7, 11) is 0. The molecular weight excluding hydrogens is 432 g/mol. The molecule has 7 nitrogen and oxygen atoms in total. The topological polar surface area (TPSA) is 118 Å². The Balaban J connectivity index is 2.02. The van der Waals surface area contributed by atoms with Crippen molar-refractivity contribution in [3.63, 3.8) is 0 Å². The van der Waals surface area contributed by atoms with E-state index in [1.807, 2.05) is 30.3 Å². The minimum absolute atomic E-state index is 0.0385. The second-order valence-electron chi connectivity index (χ2n) is 8.23. The van der Waals surface area contributed by atoms with E-state index >= 15 is 0 Å². The number of aromatic hydroxyl groups is 2. The number of ether oxygens (including phenoxy) is 1. The van der Waals surface area contributed by atoms with E-state index in [1.54, 1.807) is 6.92 Å². The summed E-state index contributed by atoms with van der Waals surface area (Å²) in [5, 5.41) is 21.6. The van der Waals surface area contributed by atoms with Crippen LogP contribution in [0.1, 0.15) is 36.5 Å². The number of Topliss-reactive ketones (excluding diaryl/α,β-unsaturated/α-hetero) is 2. The van der Waals surface area contributed by atoms with Gasteiger partial charge >= 0.3 is 0 Å². The molecular formula is C24H22O7S. The molecule has 1 aliphatic heterocycles. The van der Waals surface area contributed by atoms with Crippen LogP contribution in [0.15, 0.2) is 35.2 Å². The van der Waals surface area contributed by atoms with E-state index in [2.05, 4.69) is 0 Å². The molecule has 1 saturated carbocycles. The van der Waals surface area contributed by atoms with Gasteiger partial charge in [0.05, 0.1) is 17.9 Å². The number of ketones is 2. The van der Waals surface area contributed by atoms with Crippen molar-refractivity contribution in [2.24, 2.45) is 5.92 Å². The number of fused-ring (bicyclic) bond motifs is 3. The monoisotopic (exact) mass is 454 g/mol. The van der Waals surface area contributed by atoms with E-state index in [1.165, 1.54) is 18.7 Å². The smallest absolute Gasteiger partial charge is 0.182 e. The number of hydrogen-bond donors (Lipinski definition) is 2. The first-order valence-electron chi connectivity index (χ1n) is 10.2. The lowest BCUT2D eigenvalue weighted by molar-refractivity contribution is -0.146. The standard InChI is InChI=1S/C24H22O7S/c1-13-19(28)16(9-11-26)21-18(20(13)29)23(2)22(30)15(8-10-25)17(27)12-24(23,31-21)32-14-6-4-3-5-7-14/h3-7,10-11,15,28-29H,8-9,12H2,1-2H3. The van der Waals surface area contributed by atoms with E-state index in [4.69, 9.17) is 4.74 Å². The molecule has 32 heavy (non-hydrogen) atoms. The highest BCUT2D eigenvalue weighted by molar-refractivity contribution is 8.00. The van der Waals surface area contributed by atoms with E-state index < -0.39 is 27.8 Å². The normalized spacial score (nSPS) is 26.2. The van der Waals surface area contributed by atoms with Crippen molar-refractivity contribution >= 4 is 35.9 Å². The van der Waals surface area contributed by atoms with Crippen molar-refractivity contribution in [3.8, 4) is 17.2 Å². The molecule has 166 valence electrons. The SMILES string of the molecule is Cc1c(O)c(CC=O)c2c(c1O)C1(C)C(=O)C(CC=O)C(=O)CC1(Sc1ccccc1)O2. The average molecular weight is 455 g/mol. The van der Waals surface area contributed by atoms with Crippen LogP contribution in [-0.4, -0.2) is 39.3 Å². The molecule has 0 bridgehead atoms. The molecule has 0 amide bonds. The summed E-state index contributed by atoms with van der Waals surface area (Å²) in [5.74, 6) is -2.68. The number of carbonyl (C=O) groups excluding carboxylic acids is 4. The highest BCUT2D eigenvalue weighted by Gasteiger charge is 2.69. The summed E-state index contributed by atoms with van der Waals surface area (Å²) in [6.07, 6.45) is 0.489. The lowest BCUT2D eigenvalue weighted by atomic mass is 9.63. The van der Waals surface area contributed by atoms with Crippen LogP contribution in [-0.2, 0) is 31.0 Å². The Bertz CT molecular complexity index is 1140. The molecule has 0 aromatic heterocycles. The first kappa shape index (κ1) is 22.1. The molecule has 4 rings (SSSR count).